The smallest absolute Gasteiger partial charge is 0.225 e. The van der Waals surface area contributed by atoms with Gasteiger partial charge in [0.25, 0.3) is 0 Å². The molecule has 1 aromatic heterocycles. The maximum Gasteiger partial charge on any atom is 0.225 e. The summed E-state index contributed by atoms with van der Waals surface area (Å²) in [6, 6.07) is 4.58. The van der Waals surface area contributed by atoms with E-state index in [1.54, 1.807) is 24.1 Å². The van der Waals surface area contributed by atoms with Crippen molar-refractivity contribution in [2.24, 2.45) is 0 Å². The molecule has 0 fully saturated rings. The highest BCUT2D eigenvalue weighted by Gasteiger charge is 2.11. The van der Waals surface area contributed by atoms with Gasteiger partial charge < -0.3 is 11.5 Å². The van der Waals surface area contributed by atoms with Crippen molar-refractivity contribution >= 4 is 23.5 Å². The molecular formula is C12H14ClFN6. The van der Waals surface area contributed by atoms with Gasteiger partial charge in [0.05, 0.1) is 6.54 Å². The van der Waals surface area contributed by atoms with Crippen molar-refractivity contribution in [1.82, 2.24) is 19.9 Å². The zero-order valence-electron chi connectivity index (χ0n) is 10.8. The van der Waals surface area contributed by atoms with Crippen LogP contribution >= 0.6 is 11.6 Å². The monoisotopic (exact) mass is 296 g/mol. The van der Waals surface area contributed by atoms with Crippen LogP contribution in [0.25, 0.3) is 0 Å². The molecular weight excluding hydrogens is 283 g/mol. The number of aromatic nitrogens is 3. The first-order valence-electron chi connectivity index (χ1n) is 5.83. The summed E-state index contributed by atoms with van der Waals surface area (Å²) < 4.78 is 13.7. The van der Waals surface area contributed by atoms with Crippen LogP contribution in [0.5, 0.6) is 0 Å². The van der Waals surface area contributed by atoms with Crippen molar-refractivity contribution in [3.63, 3.8) is 0 Å². The van der Waals surface area contributed by atoms with E-state index >= 15 is 0 Å². The van der Waals surface area contributed by atoms with Crippen molar-refractivity contribution in [3.8, 4) is 0 Å². The number of nitrogens with two attached hydrogens (primary N) is 2. The highest BCUT2D eigenvalue weighted by atomic mass is 35.5. The first-order chi connectivity index (χ1) is 9.45. The Morgan fingerprint density at radius 2 is 1.80 bits per heavy atom. The number of hydrogen-bond donors (Lipinski definition) is 2. The van der Waals surface area contributed by atoms with Gasteiger partial charge in [0.1, 0.15) is 11.6 Å². The average molecular weight is 297 g/mol. The van der Waals surface area contributed by atoms with Crippen LogP contribution in [0.1, 0.15) is 11.4 Å². The lowest BCUT2D eigenvalue weighted by atomic mass is 10.2. The molecule has 2 aromatic rings. The van der Waals surface area contributed by atoms with Gasteiger partial charge in [0.2, 0.25) is 11.9 Å². The van der Waals surface area contributed by atoms with Gasteiger partial charge in [0.15, 0.2) is 0 Å². The predicted octanol–water partition coefficient (Wildman–Crippen LogP) is 1.46. The second-order valence-electron chi connectivity index (χ2n) is 4.34. The lowest BCUT2D eigenvalue weighted by molar-refractivity contribution is 0.305. The van der Waals surface area contributed by atoms with E-state index in [9.17, 15) is 4.39 Å². The summed E-state index contributed by atoms with van der Waals surface area (Å²) in [6.07, 6.45) is 0. The molecule has 0 radical (unpaired) electrons. The summed E-state index contributed by atoms with van der Waals surface area (Å²) in [6.45, 7) is 0.665. The Kier molecular flexibility index (Phi) is 4.31. The molecule has 0 spiro atoms. The maximum atomic E-state index is 13.7. The van der Waals surface area contributed by atoms with Crippen LogP contribution in [0, 0.1) is 5.82 Å². The molecule has 0 saturated carbocycles. The van der Waals surface area contributed by atoms with Crippen LogP contribution in [0.15, 0.2) is 18.2 Å². The summed E-state index contributed by atoms with van der Waals surface area (Å²) in [5, 5.41) is 0.381. The lowest BCUT2D eigenvalue weighted by Crippen LogP contribution is -2.21. The van der Waals surface area contributed by atoms with Gasteiger partial charge in [-0.2, -0.15) is 15.0 Å². The second-order valence-corrected chi connectivity index (χ2v) is 4.75. The van der Waals surface area contributed by atoms with E-state index in [0.717, 1.165) is 0 Å². The van der Waals surface area contributed by atoms with E-state index < -0.39 is 0 Å². The van der Waals surface area contributed by atoms with Crippen LogP contribution in [0.4, 0.5) is 16.3 Å². The van der Waals surface area contributed by atoms with E-state index in [1.165, 1.54) is 6.07 Å². The van der Waals surface area contributed by atoms with E-state index in [4.69, 9.17) is 23.1 Å². The number of rotatable bonds is 4. The summed E-state index contributed by atoms with van der Waals surface area (Å²) in [7, 11) is 1.79. The average Bonchev–Trinajstić information content (AvgIpc) is 2.32. The number of benzene rings is 1. The molecule has 0 aliphatic carbocycles. The first-order valence-corrected chi connectivity index (χ1v) is 6.21. The molecule has 20 heavy (non-hydrogen) atoms. The minimum absolute atomic E-state index is 0.0600. The Bertz CT molecular complexity index is 580. The number of nitrogens with zero attached hydrogens (tertiary/aromatic N) is 4. The molecule has 0 aliphatic rings. The third-order valence-corrected chi connectivity index (χ3v) is 2.97. The molecule has 0 amide bonds. The molecule has 2 rings (SSSR count). The van der Waals surface area contributed by atoms with Gasteiger partial charge in [-0.3, -0.25) is 4.90 Å². The summed E-state index contributed by atoms with van der Waals surface area (Å²) >= 11 is 5.98. The highest BCUT2D eigenvalue weighted by Crippen LogP contribution is 2.20. The molecule has 1 aromatic carbocycles. The molecule has 0 aliphatic heterocycles. The van der Waals surface area contributed by atoms with Crippen LogP contribution in [-0.4, -0.2) is 26.9 Å². The van der Waals surface area contributed by atoms with Gasteiger partial charge >= 0.3 is 0 Å². The Morgan fingerprint density at radius 1 is 1.15 bits per heavy atom. The molecule has 1 heterocycles. The summed E-state index contributed by atoms with van der Waals surface area (Å²) in [4.78, 5) is 13.4. The van der Waals surface area contributed by atoms with Crippen molar-refractivity contribution in [3.05, 3.63) is 40.4 Å². The molecule has 0 saturated heterocycles. The van der Waals surface area contributed by atoms with Gasteiger partial charge in [-0.05, 0) is 19.2 Å². The van der Waals surface area contributed by atoms with Crippen LogP contribution in [0.3, 0.4) is 0 Å². The standard InChI is InChI=1S/C12H14ClFN6/c1-20(5-7-8(13)3-2-4-9(7)14)6-10-17-11(15)19-12(16)18-10/h2-4H,5-6H2,1H3,(H4,15,16,17,18,19). The topological polar surface area (TPSA) is 94.0 Å². The molecule has 8 heteroatoms. The van der Waals surface area contributed by atoms with E-state index in [-0.39, 0.29) is 17.7 Å². The van der Waals surface area contributed by atoms with Crippen LogP contribution in [-0.2, 0) is 13.1 Å². The van der Waals surface area contributed by atoms with Crippen LogP contribution in [0.2, 0.25) is 5.02 Å². The maximum absolute atomic E-state index is 13.7. The van der Waals surface area contributed by atoms with Gasteiger partial charge in [-0.15, -0.1) is 0 Å². The fourth-order valence-electron chi connectivity index (χ4n) is 1.78. The Balaban J connectivity index is 2.11. The van der Waals surface area contributed by atoms with Gasteiger partial charge in [-0.25, -0.2) is 4.39 Å². The highest BCUT2D eigenvalue weighted by molar-refractivity contribution is 6.31. The fourth-order valence-corrected chi connectivity index (χ4v) is 2.00. The number of nitrogen functional groups attached to an aromatic ring is 2. The number of hydrogen-bond acceptors (Lipinski definition) is 6. The first kappa shape index (κ1) is 14.4. The van der Waals surface area contributed by atoms with Crippen molar-refractivity contribution in [1.29, 1.82) is 0 Å². The predicted molar refractivity (Wildman–Crippen MR) is 75.2 cm³/mol. The molecule has 6 nitrogen and oxygen atoms in total. The molecule has 0 atom stereocenters. The number of anilines is 2. The van der Waals surface area contributed by atoms with Crippen molar-refractivity contribution in [2.45, 2.75) is 13.1 Å². The molecule has 106 valence electrons. The Hall–Kier alpha value is -1.99. The molecule has 0 bridgehead atoms. The minimum atomic E-state index is -0.348. The second kappa shape index (κ2) is 5.98. The normalized spacial score (nSPS) is 11.0. The number of halogens is 2. The Labute approximate surface area is 120 Å². The van der Waals surface area contributed by atoms with Crippen LogP contribution < -0.4 is 11.5 Å². The zero-order chi connectivity index (χ0) is 14.7. The van der Waals surface area contributed by atoms with E-state index in [0.29, 0.717) is 29.5 Å². The van der Waals surface area contributed by atoms with E-state index in [2.05, 4.69) is 15.0 Å². The molecule has 0 unspecified atom stereocenters. The quantitative estimate of drug-likeness (QED) is 0.887. The fraction of sp³-hybridized carbons (Fsp3) is 0.250. The minimum Gasteiger partial charge on any atom is -0.368 e. The van der Waals surface area contributed by atoms with Crippen molar-refractivity contribution < 1.29 is 4.39 Å². The van der Waals surface area contributed by atoms with Gasteiger partial charge in [-0.1, -0.05) is 17.7 Å². The SMILES string of the molecule is CN(Cc1nc(N)nc(N)n1)Cc1c(F)cccc1Cl. The Morgan fingerprint density at radius 3 is 2.40 bits per heavy atom. The molecule has 4 N–H and O–H groups in total. The summed E-state index contributed by atoms with van der Waals surface area (Å²) in [5.74, 6) is 0.193. The zero-order valence-corrected chi connectivity index (χ0v) is 11.6. The van der Waals surface area contributed by atoms with E-state index in [1.807, 2.05) is 0 Å². The third-order valence-electron chi connectivity index (χ3n) is 2.62. The van der Waals surface area contributed by atoms with Gasteiger partial charge in [0, 0.05) is 17.1 Å². The lowest BCUT2D eigenvalue weighted by Gasteiger charge is -2.17. The third kappa shape index (κ3) is 3.52. The summed E-state index contributed by atoms with van der Waals surface area (Å²) in [5.41, 5.74) is 11.4. The largest absolute Gasteiger partial charge is 0.368 e. The van der Waals surface area contributed by atoms with Crippen molar-refractivity contribution in [2.75, 3.05) is 18.5 Å².